The lowest BCUT2D eigenvalue weighted by Gasteiger charge is -2.07. The molecule has 0 bridgehead atoms. The molecule has 3 nitrogen and oxygen atoms in total. The lowest BCUT2D eigenvalue weighted by atomic mass is 10.3. The predicted molar refractivity (Wildman–Crippen MR) is 36.3 cm³/mol. The number of hydrogen-bond acceptors (Lipinski definition) is 2. The molecule has 0 atom stereocenters. The molecule has 0 spiro atoms. The van der Waals surface area contributed by atoms with E-state index >= 15 is 0 Å². The second-order valence-electron chi connectivity index (χ2n) is 2.48. The lowest BCUT2D eigenvalue weighted by molar-refractivity contribution is -0.846. The fraction of sp³-hybridized carbons (Fsp3) is 0.500. The van der Waals surface area contributed by atoms with Crippen molar-refractivity contribution in [2.45, 2.75) is 0 Å². The number of halogens is 4. The number of rotatable bonds is 0. The summed E-state index contributed by atoms with van der Waals surface area (Å²) < 4.78 is 39.5. The van der Waals surface area contributed by atoms with Crippen LogP contribution in [-0.4, -0.2) is 25.9 Å². The van der Waals surface area contributed by atoms with E-state index in [2.05, 4.69) is 10.3 Å². The Labute approximate surface area is 67.0 Å². The van der Waals surface area contributed by atoms with E-state index in [1.165, 1.54) is 0 Å². The highest BCUT2D eigenvalue weighted by Crippen LogP contribution is 2.07. The van der Waals surface area contributed by atoms with Gasteiger partial charge in [0.15, 0.2) is 0 Å². The van der Waals surface area contributed by atoms with Gasteiger partial charge < -0.3 is 17.3 Å². The standard InChI is InChI=1S/C4H8N3.BF4/c1-7(2)4-3-5-6-7;2-1(3,4)5/h3-4H,1-2H3;/q+1;-1. The first-order chi connectivity index (χ1) is 5.21. The summed E-state index contributed by atoms with van der Waals surface area (Å²) in [7, 11) is -2.10. The molecule has 70 valence electrons. The van der Waals surface area contributed by atoms with Crippen LogP contribution in [0, 0.1) is 0 Å². The first kappa shape index (κ1) is 11.1. The van der Waals surface area contributed by atoms with Crippen molar-refractivity contribution in [3.05, 3.63) is 12.4 Å². The number of hydrogen-bond donors (Lipinski definition) is 0. The molecule has 1 rings (SSSR count). The van der Waals surface area contributed by atoms with Crippen LogP contribution in [0.3, 0.4) is 0 Å². The quantitative estimate of drug-likeness (QED) is 0.314. The van der Waals surface area contributed by atoms with E-state index in [0.29, 0.717) is 4.59 Å². The second-order valence-corrected chi connectivity index (χ2v) is 2.48. The van der Waals surface area contributed by atoms with Gasteiger partial charge in [-0.3, -0.25) is 0 Å². The molecular weight excluding hydrogens is 177 g/mol. The van der Waals surface area contributed by atoms with Gasteiger partial charge in [-0.1, -0.05) is 0 Å². The highest BCUT2D eigenvalue weighted by molar-refractivity contribution is 6.50. The monoisotopic (exact) mass is 185 g/mol. The van der Waals surface area contributed by atoms with Gasteiger partial charge >= 0.3 is 7.25 Å². The zero-order valence-corrected chi connectivity index (χ0v) is 6.59. The first-order valence-electron chi connectivity index (χ1n) is 3.02. The highest BCUT2D eigenvalue weighted by Gasteiger charge is 2.20. The third kappa shape index (κ3) is 9.08. The minimum atomic E-state index is -6.00. The average Bonchev–Trinajstić information content (AvgIpc) is 2.08. The maximum absolute atomic E-state index is 9.75. The number of nitrogens with zero attached hydrogens (tertiary/aromatic N) is 3. The Morgan fingerprint density at radius 1 is 1.17 bits per heavy atom. The number of quaternary nitrogens is 1. The van der Waals surface area contributed by atoms with Gasteiger partial charge in [0.05, 0.1) is 14.1 Å². The molecular formula is C4H8BF4N3. The van der Waals surface area contributed by atoms with E-state index in [0.717, 1.165) is 0 Å². The van der Waals surface area contributed by atoms with Crippen LogP contribution in [0.5, 0.6) is 0 Å². The smallest absolute Gasteiger partial charge is 0.418 e. The molecule has 0 amide bonds. The van der Waals surface area contributed by atoms with Crippen molar-refractivity contribution >= 4 is 7.25 Å². The Morgan fingerprint density at radius 2 is 1.58 bits per heavy atom. The second kappa shape index (κ2) is 3.66. The minimum absolute atomic E-state index is 0.528. The van der Waals surface area contributed by atoms with Crippen molar-refractivity contribution in [2.24, 2.45) is 10.3 Å². The van der Waals surface area contributed by atoms with Gasteiger partial charge in [-0.15, -0.1) is 5.11 Å². The van der Waals surface area contributed by atoms with Gasteiger partial charge in [0.1, 0.15) is 12.4 Å². The third-order valence-corrected chi connectivity index (χ3v) is 0.780. The van der Waals surface area contributed by atoms with E-state index in [1.54, 1.807) is 6.20 Å². The van der Waals surface area contributed by atoms with Crippen molar-refractivity contribution in [3.8, 4) is 0 Å². The molecule has 1 aliphatic rings. The fourth-order valence-electron chi connectivity index (χ4n) is 0.386. The molecule has 0 fully saturated rings. The zero-order valence-electron chi connectivity index (χ0n) is 6.59. The van der Waals surface area contributed by atoms with E-state index in [4.69, 9.17) is 0 Å². The summed E-state index contributed by atoms with van der Waals surface area (Å²) in [6.07, 6.45) is 3.60. The molecule has 0 saturated heterocycles. The molecule has 1 heterocycles. The minimum Gasteiger partial charge on any atom is -0.418 e. The highest BCUT2D eigenvalue weighted by atomic mass is 19.5. The van der Waals surface area contributed by atoms with Gasteiger partial charge in [0.2, 0.25) is 0 Å². The van der Waals surface area contributed by atoms with Gasteiger partial charge in [0, 0.05) is 5.22 Å². The van der Waals surface area contributed by atoms with Crippen LogP contribution in [0.15, 0.2) is 22.7 Å². The Bertz CT molecular complexity index is 177. The third-order valence-electron chi connectivity index (χ3n) is 0.780. The largest absolute Gasteiger partial charge is 0.673 e. The Kier molecular flexibility index (Phi) is 3.38. The van der Waals surface area contributed by atoms with Crippen molar-refractivity contribution in [1.82, 2.24) is 0 Å². The Hall–Kier alpha value is -0.915. The summed E-state index contributed by atoms with van der Waals surface area (Å²) in [5.74, 6) is 0. The van der Waals surface area contributed by atoms with Crippen LogP contribution in [0.25, 0.3) is 0 Å². The summed E-state index contributed by atoms with van der Waals surface area (Å²) >= 11 is 0. The first-order valence-corrected chi connectivity index (χ1v) is 3.02. The van der Waals surface area contributed by atoms with Crippen LogP contribution in [0.1, 0.15) is 0 Å². The summed E-state index contributed by atoms with van der Waals surface area (Å²) in [5.41, 5.74) is 0. The Balaban J connectivity index is 0.000000217. The van der Waals surface area contributed by atoms with Crippen LogP contribution in [0.2, 0.25) is 0 Å². The maximum Gasteiger partial charge on any atom is 0.673 e. The van der Waals surface area contributed by atoms with Crippen LogP contribution < -0.4 is 0 Å². The summed E-state index contributed by atoms with van der Waals surface area (Å²) in [4.78, 5) is 0. The van der Waals surface area contributed by atoms with Crippen molar-refractivity contribution in [1.29, 1.82) is 0 Å². The lowest BCUT2D eigenvalue weighted by Crippen LogP contribution is -2.22. The molecule has 1 aliphatic heterocycles. The normalized spacial score (nSPS) is 18.8. The van der Waals surface area contributed by atoms with E-state index in [-0.39, 0.29) is 0 Å². The molecule has 12 heavy (non-hydrogen) atoms. The molecule has 0 aromatic carbocycles. The summed E-state index contributed by atoms with van der Waals surface area (Å²) in [5, 5.41) is 7.47. The SMILES string of the molecule is C[N+]1(C)C=CN=N1.F[B-](F)(F)F. The van der Waals surface area contributed by atoms with Crippen LogP contribution in [-0.2, 0) is 0 Å². The van der Waals surface area contributed by atoms with Gasteiger partial charge in [-0.2, -0.15) is 4.59 Å². The summed E-state index contributed by atoms with van der Waals surface area (Å²) in [6.45, 7) is 0. The molecule has 0 radical (unpaired) electrons. The van der Waals surface area contributed by atoms with Gasteiger partial charge in [-0.25, -0.2) is 0 Å². The molecule has 0 N–H and O–H groups in total. The van der Waals surface area contributed by atoms with Gasteiger partial charge in [0.25, 0.3) is 0 Å². The predicted octanol–water partition coefficient (Wildman–Crippen LogP) is 2.21. The van der Waals surface area contributed by atoms with Gasteiger partial charge in [-0.05, 0) is 0 Å². The van der Waals surface area contributed by atoms with Crippen molar-refractivity contribution < 1.29 is 21.9 Å². The van der Waals surface area contributed by atoms with Crippen molar-refractivity contribution in [3.63, 3.8) is 0 Å². The Morgan fingerprint density at radius 3 is 1.67 bits per heavy atom. The van der Waals surface area contributed by atoms with E-state index in [1.807, 2.05) is 20.3 Å². The topological polar surface area (TPSA) is 24.7 Å². The van der Waals surface area contributed by atoms with Crippen molar-refractivity contribution in [2.75, 3.05) is 14.1 Å². The average molecular weight is 185 g/mol. The van der Waals surface area contributed by atoms with E-state index in [9.17, 15) is 17.3 Å². The molecule has 0 aromatic rings. The van der Waals surface area contributed by atoms with E-state index < -0.39 is 7.25 Å². The molecule has 0 unspecified atom stereocenters. The summed E-state index contributed by atoms with van der Waals surface area (Å²) in [6, 6.07) is 0. The van der Waals surface area contributed by atoms with Crippen LogP contribution >= 0.6 is 0 Å². The molecule has 0 aromatic heterocycles. The zero-order chi connectivity index (χ0) is 9.83. The molecule has 8 heteroatoms. The maximum atomic E-state index is 9.75. The molecule has 0 aliphatic carbocycles. The molecule has 0 saturated carbocycles. The fourth-order valence-corrected chi connectivity index (χ4v) is 0.386. The van der Waals surface area contributed by atoms with Crippen LogP contribution in [0.4, 0.5) is 17.3 Å².